The second-order valence-electron chi connectivity index (χ2n) is 7.25. The average molecular weight is 477 g/mol. The Bertz CT molecular complexity index is 1360. The molecule has 0 spiro atoms. The number of aromatic nitrogens is 4. The van der Waals surface area contributed by atoms with Gasteiger partial charge < -0.3 is 24.5 Å². The van der Waals surface area contributed by atoms with Crippen LogP contribution in [0.2, 0.25) is 5.02 Å². The van der Waals surface area contributed by atoms with Crippen LogP contribution in [0.3, 0.4) is 0 Å². The lowest BCUT2D eigenvalue weighted by Crippen LogP contribution is -2.33. The standard InChI is InChI=1S/C20H17ClN4O6S/c21-11-1-2-13-9(4-11)3-10(19(29)31-13)7-32-20-24-12-5-22-8-23-17(12)25(20)18-16(28)15(27)14(6-26)30-18/h1-5,8,14-16,18,26-28H,6-7H2/t14-,15-,16-,18-/m1/s1. The summed E-state index contributed by atoms with van der Waals surface area (Å²) in [5.41, 5.74) is 1.18. The largest absolute Gasteiger partial charge is 0.423 e. The van der Waals surface area contributed by atoms with Crippen molar-refractivity contribution in [1.82, 2.24) is 19.5 Å². The van der Waals surface area contributed by atoms with Crippen molar-refractivity contribution >= 4 is 45.5 Å². The molecule has 0 aliphatic carbocycles. The van der Waals surface area contributed by atoms with E-state index in [2.05, 4.69) is 15.0 Å². The van der Waals surface area contributed by atoms with Gasteiger partial charge in [0.15, 0.2) is 17.0 Å². The van der Waals surface area contributed by atoms with Crippen LogP contribution >= 0.6 is 23.4 Å². The van der Waals surface area contributed by atoms with Crippen molar-refractivity contribution < 1.29 is 24.5 Å². The summed E-state index contributed by atoms with van der Waals surface area (Å²) in [5, 5.41) is 31.7. The average Bonchev–Trinajstić information content (AvgIpc) is 3.29. The van der Waals surface area contributed by atoms with Crippen LogP contribution in [0.15, 0.2) is 51.2 Å². The first kappa shape index (κ1) is 21.3. The zero-order valence-electron chi connectivity index (χ0n) is 16.3. The van der Waals surface area contributed by atoms with E-state index in [1.54, 1.807) is 24.3 Å². The van der Waals surface area contributed by atoms with Gasteiger partial charge in [0.2, 0.25) is 0 Å². The van der Waals surface area contributed by atoms with Crippen molar-refractivity contribution in [3.05, 3.63) is 57.8 Å². The fraction of sp³-hybridized carbons (Fsp3) is 0.300. The van der Waals surface area contributed by atoms with E-state index in [0.29, 0.717) is 37.9 Å². The van der Waals surface area contributed by atoms with Crippen LogP contribution in [0, 0.1) is 0 Å². The predicted molar refractivity (Wildman–Crippen MR) is 115 cm³/mol. The molecule has 3 N–H and O–H groups in total. The molecule has 5 rings (SSSR count). The smallest absolute Gasteiger partial charge is 0.340 e. The first-order chi connectivity index (χ1) is 15.5. The number of nitrogens with zero attached hydrogens (tertiary/aromatic N) is 4. The van der Waals surface area contributed by atoms with Crippen LogP contribution in [-0.4, -0.2) is 59.8 Å². The number of halogens is 1. The molecule has 1 saturated heterocycles. The van der Waals surface area contributed by atoms with E-state index < -0.39 is 36.8 Å². The van der Waals surface area contributed by atoms with Gasteiger partial charge >= 0.3 is 5.63 Å². The highest BCUT2D eigenvalue weighted by atomic mass is 35.5. The number of benzene rings is 1. The maximum atomic E-state index is 12.4. The Morgan fingerprint density at radius 1 is 1.22 bits per heavy atom. The molecular formula is C20H17ClN4O6S. The lowest BCUT2D eigenvalue weighted by atomic mass is 10.1. The van der Waals surface area contributed by atoms with Gasteiger partial charge in [0.1, 0.15) is 35.7 Å². The van der Waals surface area contributed by atoms with Gasteiger partial charge in [-0.2, -0.15) is 0 Å². The van der Waals surface area contributed by atoms with Gasteiger partial charge in [0.25, 0.3) is 0 Å². The minimum Gasteiger partial charge on any atom is -0.423 e. The highest BCUT2D eigenvalue weighted by Gasteiger charge is 2.44. The third kappa shape index (κ3) is 3.66. The summed E-state index contributed by atoms with van der Waals surface area (Å²) in [6.07, 6.45) is -1.74. The van der Waals surface area contributed by atoms with Crippen LogP contribution in [0.1, 0.15) is 11.8 Å². The number of aliphatic hydroxyl groups is 3. The summed E-state index contributed by atoms with van der Waals surface area (Å²) in [6, 6.07) is 6.69. The Labute approximate surface area is 189 Å². The number of ether oxygens (including phenoxy) is 1. The molecule has 32 heavy (non-hydrogen) atoms. The Hall–Kier alpha value is -2.54. The molecule has 1 fully saturated rings. The number of aliphatic hydroxyl groups excluding tert-OH is 3. The molecule has 4 aromatic rings. The van der Waals surface area contributed by atoms with Gasteiger partial charge in [-0.05, 0) is 24.3 Å². The van der Waals surface area contributed by atoms with E-state index in [4.69, 9.17) is 20.8 Å². The zero-order valence-corrected chi connectivity index (χ0v) is 17.9. The summed E-state index contributed by atoms with van der Waals surface area (Å²) >= 11 is 7.25. The molecule has 10 nitrogen and oxygen atoms in total. The van der Waals surface area contributed by atoms with E-state index >= 15 is 0 Å². The molecule has 4 heterocycles. The van der Waals surface area contributed by atoms with Crippen LogP contribution in [0.5, 0.6) is 0 Å². The quantitative estimate of drug-likeness (QED) is 0.286. The molecule has 166 valence electrons. The van der Waals surface area contributed by atoms with Crippen LogP contribution in [0.25, 0.3) is 22.1 Å². The molecule has 12 heteroatoms. The van der Waals surface area contributed by atoms with Crippen molar-refractivity contribution in [2.45, 2.75) is 35.4 Å². The normalized spacial score (nSPS) is 23.4. The van der Waals surface area contributed by atoms with Crippen LogP contribution < -0.4 is 5.63 Å². The number of thioether (sulfide) groups is 1. The predicted octanol–water partition coefficient (Wildman–Crippen LogP) is 1.49. The minimum atomic E-state index is -1.31. The molecule has 1 aromatic carbocycles. The lowest BCUT2D eigenvalue weighted by Gasteiger charge is -2.19. The number of imidazole rings is 1. The molecule has 0 amide bonds. The number of hydrogen-bond donors (Lipinski definition) is 3. The summed E-state index contributed by atoms with van der Waals surface area (Å²) in [7, 11) is 0. The van der Waals surface area contributed by atoms with E-state index in [1.165, 1.54) is 28.9 Å². The van der Waals surface area contributed by atoms with Gasteiger partial charge in [-0.3, -0.25) is 4.57 Å². The minimum absolute atomic E-state index is 0.205. The fourth-order valence-corrected chi connectivity index (χ4v) is 4.79. The second-order valence-corrected chi connectivity index (χ2v) is 8.63. The summed E-state index contributed by atoms with van der Waals surface area (Å²) in [4.78, 5) is 25.1. The third-order valence-corrected chi connectivity index (χ3v) is 6.45. The monoisotopic (exact) mass is 476 g/mol. The fourth-order valence-electron chi connectivity index (χ4n) is 3.63. The van der Waals surface area contributed by atoms with E-state index in [9.17, 15) is 20.1 Å². The highest BCUT2D eigenvalue weighted by Crippen LogP contribution is 2.36. The van der Waals surface area contributed by atoms with Gasteiger partial charge in [-0.15, -0.1) is 0 Å². The summed E-state index contributed by atoms with van der Waals surface area (Å²) in [6.45, 7) is -0.459. The zero-order chi connectivity index (χ0) is 22.4. The first-order valence-corrected chi connectivity index (χ1v) is 11.0. The molecule has 3 aromatic heterocycles. The van der Waals surface area contributed by atoms with Gasteiger partial charge in [-0.1, -0.05) is 23.4 Å². The van der Waals surface area contributed by atoms with Gasteiger partial charge in [-0.25, -0.2) is 19.7 Å². The van der Waals surface area contributed by atoms with E-state index in [-0.39, 0.29) is 5.75 Å². The highest BCUT2D eigenvalue weighted by molar-refractivity contribution is 7.98. The SMILES string of the molecule is O=c1oc2ccc(Cl)cc2cc1CSc1nc2cncnc2n1[C@@H]1O[C@H](CO)[C@@H](O)[C@H]1O. The van der Waals surface area contributed by atoms with Crippen molar-refractivity contribution in [3.8, 4) is 0 Å². The second kappa shape index (κ2) is 8.43. The van der Waals surface area contributed by atoms with E-state index in [0.717, 1.165) is 0 Å². The Kier molecular flexibility index (Phi) is 5.61. The molecule has 0 radical (unpaired) electrons. The molecule has 1 aliphatic heterocycles. The van der Waals surface area contributed by atoms with Crippen molar-refractivity contribution in [3.63, 3.8) is 0 Å². The number of rotatable bonds is 5. The molecule has 0 bridgehead atoms. The topological polar surface area (TPSA) is 144 Å². The summed E-state index contributed by atoms with van der Waals surface area (Å²) in [5.74, 6) is 0.205. The van der Waals surface area contributed by atoms with Gasteiger partial charge in [0.05, 0.1) is 12.8 Å². The number of hydrogen-bond acceptors (Lipinski definition) is 10. The van der Waals surface area contributed by atoms with E-state index in [1.807, 2.05) is 0 Å². The van der Waals surface area contributed by atoms with Crippen molar-refractivity contribution in [2.75, 3.05) is 6.61 Å². The molecule has 4 atom stereocenters. The van der Waals surface area contributed by atoms with Crippen molar-refractivity contribution in [1.29, 1.82) is 0 Å². The van der Waals surface area contributed by atoms with Crippen LogP contribution in [0.4, 0.5) is 0 Å². The van der Waals surface area contributed by atoms with Gasteiger partial charge in [0, 0.05) is 21.7 Å². The maximum Gasteiger partial charge on any atom is 0.340 e. The molecule has 0 unspecified atom stereocenters. The molecule has 1 aliphatic rings. The maximum absolute atomic E-state index is 12.4. The molecule has 0 saturated carbocycles. The lowest BCUT2D eigenvalue weighted by molar-refractivity contribution is -0.0548. The van der Waals surface area contributed by atoms with Crippen molar-refractivity contribution in [2.24, 2.45) is 0 Å². The Balaban J connectivity index is 1.52. The first-order valence-electron chi connectivity index (χ1n) is 9.61. The third-order valence-electron chi connectivity index (χ3n) is 5.22. The summed E-state index contributed by atoms with van der Waals surface area (Å²) < 4.78 is 12.6. The Morgan fingerprint density at radius 3 is 2.84 bits per heavy atom. The Morgan fingerprint density at radius 2 is 2.06 bits per heavy atom. The molecular weight excluding hydrogens is 460 g/mol. The van der Waals surface area contributed by atoms with Crippen LogP contribution in [-0.2, 0) is 10.5 Å². The number of fused-ring (bicyclic) bond motifs is 2.